The number of aryl methyl sites for hydroxylation is 1. The lowest BCUT2D eigenvalue weighted by molar-refractivity contribution is 0.611. The van der Waals surface area contributed by atoms with Crippen LogP contribution in [-0.4, -0.2) is 17.0 Å². The van der Waals surface area contributed by atoms with Gasteiger partial charge in [-0.05, 0) is 39.1 Å². The van der Waals surface area contributed by atoms with Crippen molar-refractivity contribution in [1.29, 1.82) is 0 Å². The van der Waals surface area contributed by atoms with E-state index in [1.165, 1.54) is 0 Å². The van der Waals surface area contributed by atoms with Crippen LogP contribution in [0.25, 0.3) is 10.9 Å². The summed E-state index contributed by atoms with van der Waals surface area (Å²) in [4.78, 5) is 9.00. The number of benzene rings is 1. The fourth-order valence-corrected chi connectivity index (χ4v) is 1.77. The molecular formula is C12H14ClN3. The molecule has 1 heterocycles. The number of halogens is 1. The van der Waals surface area contributed by atoms with Crippen LogP contribution in [0.3, 0.4) is 0 Å². The van der Waals surface area contributed by atoms with Crippen LogP contribution in [0.5, 0.6) is 0 Å². The summed E-state index contributed by atoms with van der Waals surface area (Å²) >= 11 is 5.95. The molecule has 0 fully saturated rings. The summed E-state index contributed by atoms with van der Waals surface area (Å²) in [5.41, 5.74) is 1.90. The SMILES string of the molecule is CNC(C)c1nc(C)c2cc(Cl)ccc2n1. The molecule has 4 heteroatoms. The predicted octanol–water partition coefficient (Wildman–Crippen LogP) is 2.87. The molecule has 0 saturated carbocycles. The van der Waals surface area contributed by atoms with Crippen molar-refractivity contribution in [2.75, 3.05) is 7.05 Å². The maximum absolute atomic E-state index is 5.95. The first kappa shape index (κ1) is 11.3. The maximum atomic E-state index is 5.95. The zero-order valence-electron chi connectivity index (χ0n) is 9.58. The Kier molecular flexibility index (Phi) is 3.08. The summed E-state index contributed by atoms with van der Waals surface area (Å²) in [6.45, 7) is 4.02. The smallest absolute Gasteiger partial charge is 0.145 e. The highest BCUT2D eigenvalue weighted by Gasteiger charge is 2.09. The van der Waals surface area contributed by atoms with Crippen molar-refractivity contribution in [3.05, 3.63) is 34.7 Å². The fourth-order valence-electron chi connectivity index (χ4n) is 1.60. The summed E-state index contributed by atoms with van der Waals surface area (Å²) in [5, 5.41) is 4.86. The van der Waals surface area contributed by atoms with Gasteiger partial charge in [-0.2, -0.15) is 0 Å². The van der Waals surface area contributed by atoms with Gasteiger partial charge in [-0.3, -0.25) is 0 Å². The van der Waals surface area contributed by atoms with Gasteiger partial charge in [0.15, 0.2) is 0 Å². The van der Waals surface area contributed by atoms with Gasteiger partial charge in [-0.25, -0.2) is 9.97 Å². The molecule has 84 valence electrons. The normalized spacial score (nSPS) is 13.0. The van der Waals surface area contributed by atoms with Gasteiger partial charge in [-0.1, -0.05) is 11.6 Å². The van der Waals surface area contributed by atoms with Crippen LogP contribution in [0.1, 0.15) is 24.5 Å². The number of hydrogen-bond acceptors (Lipinski definition) is 3. The minimum Gasteiger partial charge on any atom is -0.311 e. The van der Waals surface area contributed by atoms with E-state index in [0.717, 1.165) is 22.4 Å². The van der Waals surface area contributed by atoms with Crippen LogP contribution in [0.15, 0.2) is 18.2 Å². The molecule has 16 heavy (non-hydrogen) atoms. The molecule has 0 spiro atoms. The van der Waals surface area contributed by atoms with Gasteiger partial charge >= 0.3 is 0 Å². The van der Waals surface area contributed by atoms with Gasteiger partial charge in [-0.15, -0.1) is 0 Å². The fraction of sp³-hybridized carbons (Fsp3) is 0.333. The molecule has 0 aliphatic rings. The van der Waals surface area contributed by atoms with E-state index < -0.39 is 0 Å². The second-order valence-electron chi connectivity index (χ2n) is 3.84. The van der Waals surface area contributed by atoms with Gasteiger partial charge in [0.1, 0.15) is 5.82 Å². The summed E-state index contributed by atoms with van der Waals surface area (Å²) in [6.07, 6.45) is 0. The van der Waals surface area contributed by atoms with Crippen LogP contribution < -0.4 is 5.32 Å². The molecule has 0 bridgehead atoms. The first-order valence-corrected chi connectivity index (χ1v) is 5.60. The molecule has 1 aromatic heterocycles. The summed E-state index contributed by atoms with van der Waals surface area (Å²) < 4.78 is 0. The Hall–Kier alpha value is -1.19. The first-order chi connectivity index (χ1) is 7.61. The van der Waals surface area contributed by atoms with E-state index in [-0.39, 0.29) is 6.04 Å². The van der Waals surface area contributed by atoms with E-state index in [1.807, 2.05) is 39.1 Å². The van der Waals surface area contributed by atoms with Crippen LogP contribution in [0.4, 0.5) is 0 Å². The van der Waals surface area contributed by atoms with Crippen LogP contribution in [0, 0.1) is 6.92 Å². The molecule has 1 aromatic carbocycles. The lowest BCUT2D eigenvalue weighted by atomic mass is 10.2. The minimum atomic E-state index is 0.152. The number of nitrogens with zero attached hydrogens (tertiary/aromatic N) is 2. The lowest BCUT2D eigenvalue weighted by Gasteiger charge is -2.11. The van der Waals surface area contributed by atoms with E-state index in [1.54, 1.807) is 0 Å². The topological polar surface area (TPSA) is 37.8 Å². The Morgan fingerprint density at radius 2 is 2.06 bits per heavy atom. The molecule has 0 aliphatic carbocycles. The Balaban J connectivity index is 2.63. The van der Waals surface area contributed by atoms with Gasteiger partial charge in [0.05, 0.1) is 11.6 Å². The average Bonchev–Trinajstić information content (AvgIpc) is 2.28. The highest BCUT2D eigenvalue weighted by atomic mass is 35.5. The number of fused-ring (bicyclic) bond motifs is 1. The summed E-state index contributed by atoms with van der Waals surface area (Å²) in [7, 11) is 1.90. The quantitative estimate of drug-likeness (QED) is 0.870. The maximum Gasteiger partial charge on any atom is 0.145 e. The molecular weight excluding hydrogens is 222 g/mol. The lowest BCUT2D eigenvalue weighted by Crippen LogP contribution is -2.16. The van der Waals surface area contributed by atoms with E-state index in [4.69, 9.17) is 11.6 Å². The van der Waals surface area contributed by atoms with Crippen LogP contribution in [-0.2, 0) is 0 Å². The Morgan fingerprint density at radius 1 is 1.31 bits per heavy atom. The van der Waals surface area contributed by atoms with E-state index >= 15 is 0 Å². The second-order valence-corrected chi connectivity index (χ2v) is 4.28. The molecule has 1 unspecified atom stereocenters. The average molecular weight is 236 g/mol. The summed E-state index contributed by atoms with van der Waals surface area (Å²) in [6, 6.07) is 5.83. The van der Waals surface area contributed by atoms with Crippen molar-refractivity contribution < 1.29 is 0 Å². The largest absolute Gasteiger partial charge is 0.311 e. The Morgan fingerprint density at radius 3 is 2.75 bits per heavy atom. The summed E-state index contributed by atoms with van der Waals surface area (Å²) in [5.74, 6) is 0.815. The van der Waals surface area contributed by atoms with Crippen LogP contribution in [0.2, 0.25) is 5.02 Å². The molecule has 1 atom stereocenters. The molecule has 0 saturated heterocycles. The highest BCUT2D eigenvalue weighted by Crippen LogP contribution is 2.21. The van der Waals surface area contributed by atoms with Crippen molar-refractivity contribution >= 4 is 22.5 Å². The van der Waals surface area contributed by atoms with Crippen molar-refractivity contribution in [1.82, 2.24) is 15.3 Å². The van der Waals surface area contributed by atoms with E-state index in [0.29, 0.717) is 5.02 Å². The molecule has 2 rings (SSSR count). The first-order valence-electron chi connectivity index (χ1n) is 5.23. The number of nitrogens with one attached hydrogen (secondary N) is 1. The van der Waals surface area contributed by atoms with Crippen LogP contribution >= 0.6 is 11.6 Å². The van der Waals surface area contributed by atoms with Gasteiger partial charge in [0.25, 0.3) is 0 Å². The zero-order valence-corrected chi connectivity index (χ0v) is 10.3. The third kappa shape index (κ3) is 2.01. The van der Waals surface area contributed by atoms with Crippen molar-refractivity contribution in [2.24, 2.45) is 0 Å². The van der Waals surface area contributed by atoms with E-state index in [9.17, 15) is 0 Å². The number of hydrogen-bond donors (Lipinski definition) is 1. The third-order valence-corrected chi connectivity index (χ3v) is 2.92. The Labute approximate surface area is 99.9 Å². The minimum absolute atomic E-state index is 0.152. The molecule has 0 aliphatic heterocycles. The van der Waals surface area contributed by atoms with Crippen molar-refractivity contribution in [2.45, 2.75) is 19.9 Å². The second kappa shape index (κ2) is 4.36. The van der Waals surface area contributed by atoms with Gasteiger partial charge in [0, 0.05) is 16.1 Å². The molecule has 3 nitrogen and oxygen atoms in total. The van der Waals surface area contributed by atoms with Crippen molar-refractivity contribution in [3.8, 4) is 0 Å². The van der Waals surface area contributed by atoms with E-state index in [2.05, 4.69) is 15.3 Å². The van der Waals surface area contributed by atoms with Crippen molar-refractivity contribution in [3.63, 3.8) is 0 Å². The molecule has 0 radical (unpaired) electrons. The molecule has 2 aromatic rings. The third-order valence-electron chi connectivity index (χ3n) is 2.69. The van der Waals surface area contributed by atoms with Gasteiger partial charge < -0.3 is 5.32 Å². The Bertz CT molecular complexity index is 525. The van der Waals surface area contributed by atoms with Gasteiger partial charge in [0.2, 0.25) is 0 Å². The standard InChI is InChI=1S/C12H14ClN3/c1-7-10-6-9(13)4-5-11(10)16-12(15-7)8(2)14-3/h4-6,8,14H,1-3H3. The highest BCUT2D eigenvalue weighted by molar-refractivity contribution is 6.31. The number of aromatic nitrogens is 2. The molecule has 1 N–H and O–H groups in total. The predicted molar refractivity (Wildman–Crippen MR) is 66.8 cm³/mol. The zero-order chi connectivity index (χ0) is 11.7. The monoisotopic (exact) mass is 235 g/mol. The number of rotatable bonds is 2. The molecule has 0 amide bonds.